The molecule has 7 nitrogen and oxygen atoms in total. The largest absolute Gasteiger partial charge is 0.507 e. The summed E-state index contributed by atoms with van der Waals surface area (Å²) in [6.07, 6.45) is 0.854. The van der Waals surface area contributed by atoms with Crippen molar-refractivity contribution in [3.63, 3.8) is 0 Å². The molecular formula is C28H27FN4O3. The lowest BCUT2D eigenvalue weighted by atomic mass is 10.1. The predicted octanol–water partition coefficient (Wildman–Crippen LogP) is 4.81. The summed E-state index contributed by atoms with van der Waals surface area (Å²) in [5.41, 5.74) is 2.83. The second-order valence-electron chi connectivity index (χ2n) is 8.97. The molecule has 8 heteroatoms. The number of benzene rings is 3. The third-order valence-electron chi connectivity index (χ3n) is 6.40. The van der Waals surface area contributed by atoms with Gasteiger partial charge in [0.2, 0.25) is 0 Å². The molecule has 2 aliphatic heterocycles. The number of para-hydroxylation sites is 1. The van der Waals surface area contributed by atoms with E-state index < -0.39 is 6.09 Å². The number of nitrogens with zero attached hydrogens (tertiary/aromatic N) is 3. The Kier molecular flexibility index (Phi) is 6.93. The van der Waals surface area contributed by atoms with Gasteiger partial charge in [0.05, 0.1) is 11.3 Å². The fraction of sp³-hybridized carbons (Fsp3) is 0.250. The lowest BCUT2D eigenvalue weighted by Gasteiger charge is -2.21. The number of carbonyl (C=O) groups excluding carboxylic acids is 1. The van der Waals surface area contributed by atoms with Crippen LogP contribution >= 0.6 is 0 Å². The number of aliphatic imine (C=N–C) groups is 2. The summed E-state index contributed by atoms with van der Waals surface area (Å²) in [7, 11) is 0. The summed E-state index contributed by atoms with van der Waals surface area (Å²) in [4.78, 5) is 23.8. The molecule has 1 saturated heterocycles. The van der Waals surface area contributed by atoms with Crippen molar-refractivity contribution < 1.29 is 19.0 Å². The molecule has 3 aromatic rings. The Bertz CT molecular complexity index is 1310. The van der Waals surface area contributed by atoms with E-state index in [1.165, 1.54) is 12.1 Å². The van der Waals surface area contributed by atoms with Gasteiger partial charge in [-0.05, 0) is 53.8 Å². The van der Waals surface area contributed by atoms with Gasteiger partial charge in [-0.15, -0.1) is 0 Å². The van der Waals surface area contributed by atoms with Crippen LogP contribution in [0.5, 0.6) is 5.75 Å². The van der Waals surface area contributed by atoms with Gasteiger partial charge in [-0.3, -0.25) is 0 Å². The van der Waals surface area contributed by atoms with E-state index in [0.717, 1.165) is 29.9 Å². The van der Waals surface area contributed by atoms with Crippen LogP contribution in [0.1, 0.15) is 23.1 Å². The number of rotatable bonds is 5. The number of likely N-dealkylation sites (tertiary alicyclic amines) is 1. The van der Waals surface area contributed by atoms with Gasteiger partial charge < -0.3 is 20.1 Å². The van der Waals surface area contributed by atoms with Crippen molar-refractivity contribution in [3.05, 3.63) is 95.3 Å². The van der Waals surface area contributed by atoms with Gasteiger partial charge in [0.25, 0.3) is 0 Å². The molecule has 2 heterocycles. The molecule has 5 rings (SSSR count). The first-order valence-corrected chi connectivity index (χ1v) is 12.0. The number of amides is 1. The van der Waals surface area contributed by atoms with Crippen LogP contribution in [0.2, 0.25) is 0 Å². The molecule has 1 amide bonds. The molecule has 0 radical (unpaired) electrons. The van der Waals surface area contributed by atoms with Crippen molar-refractivity contribution in [2.45, 2.75) is 19.4 Å². The van der Waals surface area contributed by atoms with Crippen LogP contribution in [0.3, 0.4) is 0 Å². The van der Waals surface area contributed by atoms with Gasteiger partial charge in [-0.2, -0.15) is 0 Å². The van der Waals surface area contributed by atoms with Crippen LogP contribution in [0.15, 0.2) is 82.8 Å². The van der Waals surface area contributed by atoms with Crippen LogP contribution in [-0.2, 0) is 17.8 Å². The van der Waals surface area contributed by atoms with Crippen LogP contribution in [0, 0.1) is 11.7 Å². The molecule has 0 aromatic heterocycles. The summed E-state index contributed by atoms with van der Waals surface area (Å²) < 4.78 is 19.3. The predicted molar refractivity (Wildman–Crippen MR) is 136 cm³/mol. The molecule has 184 valence electrons. The zero-order valence-electron chi connectivity index (χ0n) is 19.7. The summed E-state index contributed by atoms with van der Waals surface area (Å²) in [6.45, 7) is 2.16. The smallest absolute Gasteiger partial charge is 0.407 e. The molecule has 36 heavy (non-hydrogen) atoms. The van der Waals surface area contributed by atoms with Gasteiger partial charge in [0, 0.05) is 26.1 Å². The van der Waals surface area contributed by atoms with Crippen LogP contribution in [0.25, 0.3) is 0 Å². The van der Waals surface area contributed by atoms with Gasteiger partial charge in [-0.1, -0.05) is 42.5 Å². The molecule has 0 spiro atoms. The number of phenols is 1. The molecule has 1 fully saturated rings. The number of hydrogen-bond acceptors (Lipinski definition) is 6. The van der Waals surface area contributed by atoms with Crippen molar-refractivity contribution in [2.75, 3.05) is 19.6 Å². The number of fused-ring (bicyclic) bond motifs is 1. The maximum absolute atomic E-state index is 14.0. The second kappa shape index (κ2) is 10.6. The van der Waals surface area contributed by atoms with E-state index in [0.29, 0.717) is 36.6 Å². The molecule has 1 atom stereocenters. The Labute approximate surface area is 209 Å². The minimum absolute atomic E-state index is 0.0856. The first-order valence-electron chi connectivity index (χ1n) is 12.0. The van der Waals surface area contributed by atoms with Gasteiger partial charge in [0.1, 0.15) is 24.0 Å². The number of aromatic hydroxyl groups is 1. The first-order chi connectivity index (χ1) is 17.5. The molecule has 2 aliphatic rings. The molecule has 1 unspecified atom stereocenters. The Morgan fingerprint density at radius 3 is 2.72 bits per heavy atom. The maximum Gasteiger partial charge on any atom is 0.407 e. The maximum atomic E-state index is 14.0. The van der Waals surface area contributed by atoms with Crippen LogP contribution < -0.4 is 5.32 Å². The Morgan fingerprint density at radius 2 is 1.89 bits per heavy atom. The fourth-order valence-electron chi connectivity index (χ4n) is 4.48. The number of hydrogen-bond donors (Lipinski definition) is 2. The quantitative estimate of drug-likeness (QED) is 0.542. The van der Waals surface area contributed by atoms with Gasteiger partial charge in [-0.25, -0.2) is 19.2 Å². The SMILES string of the molecule is O=C(NCC1CCN(C2=NC(c3ccccc3O)=Nc3ccc(F)cc3C2)C1)OCc1ccccc1. The number of alkyl carbamates (subject to hydrolysis) is 1. The van der Waals surface area contributed by atoms with Gasteiger partial charge in [0.15, 0.2) is 5.84 Å². The molecular weight excluding hydrogens is 459 g/mol. The second-order valence-corrected chi connectivity index (χ2v) is 8.97. The zero-order chi connectivity index (χ0) is 24.9. The summed E-state index contributed by atoms with van der Waals surface area (Å²) in [5, 5.41) is 13.3. The topological polar surface area (TPSA) is 86.5 Å². The average Bonchev–Trinajstić information content (AvgIpc) is 3.28. The number of halogens is 1. The van der Waals surface area contributed by atoms with Crippen LogP contribution in [0.4, 0.5) is 14.9 Å². The highest BCUT2D eigenvalue weighted by molar-refractivity contribution is 6.10. The van der Waals surface area contributed by atoms with E-state index in [1.807, 2.05) is 36.4 Å². The summed E-state index contributed by atoms with van der Waals surface area (Å²) in [6, 6.07) is 21.0. The van der Waals surface area contributed by atoms with E-state index >= 15 is 0 Å². The molecule has 0 aliphatic carbocycles. The normalized spacial score (nSPS) is 17.0. The third-order valence-corrected chi connectivity index (χ3v) is 6.40. The van der Waals surface area contributed by atoms with Crippen molar-refractivity contribution >= 4 is 23.5 Å². The number of phenolic OH excluding ortho intramolecular Hbond substituents is 1. The minimum atomic E-state index is -0.442. The van der Waals surface area contributed by atoms with Gasteiger partial charge >= 0.3 is 6.09 Å². The first kappa shape index (κ1) is 23.5. The summed E-state index contributed by atoms with van der Waals surface area (Å²) >= 11 is 0. The lowest BCUT2D eigenvalue weighted by molar-refractivity contribution is 0.138. The number of nitrogens with one attached hydrogen (secondary N) is 1. The molecule has 0 saturated carbocycles. The van der Waals surface area contributed by atoms with Crippen molar-refractivity contribution in [2.24, 2.45) is 15.9 Å². The molecule has 0 bridgehead atoms. The molecule has 2 N–H and O–H groups in total. The van der Waals surface area contributed by atoms with Crippen LogP contribution in [-0.4, -0.2) is 47.4 Å². The highest BCUT2D eigenvalue weighted by atomic mass is 19.1. The number of carbonyl (C=O) groups is 1. The standard InChI is InChI=1S/C28H27FN4O3/c29-22-10-11-24-21(14-22)15-26(32-27(31-24)23-8-4-5-9-25(23)34)33-13-12-20(17-33)16-30-28(35)36-18-19-6-2-1-3-7-19/h1-11,14,20,34H,12-13,15-18H2,(H,30,35). The summed E-state index contributed by atoms with van der Waals surface area (Å²) in [5.74, 6) is 1.13. The van der Waals surface area contributed by atoms with E-state index in [2.05, 4.69) is 15.2 Å². The molecule has 3 aromatic carbocycles. The lowest BCUT2D eigenvalue weighted by Crippen LogP contribution is -2.34. The zero-order valence-corrected chi connectivity index (χ0v) is 19.7. The Hall–Kier alpha value is -4.20. The Balaban J connectivity index is 1.26. The van der Waals surface area contributed by atoms with E-state index in [4.69, 9.17) is 9.73 Å². The highest BCUT2D eigenvalue weighted by Crippen LogP contribution is 2.29. The van der Waals surface area contributed by atoms with Crippen molar-refractivity contribution in [1.29, 1.82) is 0 Å². The van der Waals surface area contributed by atoms with Crippen molar-refractivity contribution in [1.82, 2.24) is 10.2 Å². The van der Waals surface area contributed by atoms with Crippen molar-refractivity contribution in [3.8, 4) is 5.75 Å². The van der Waals surface area contributed by atoms with E-state index in [1.54, 1.807) is 24.3 Å². The third kappa shape index (κ3) is 5.54. The van der Waals surface area contributed by atoms with E-state index in [9.17, 15) is 14.3 Å². The monoisotopic (exact) mass is 486 g/mol. The average molecular weight is 487 g/mol. The Morgan fingerprint density at radius 1 is 1.08 bits per heavy atom. The highest BCUT2D eigenvalue weighted by Gasteiger charge is 2.28. The minimum Gasteiger partial charge on any atom is -0.507 e. The number of amidine groups is 2. The van der Waals surface area contributed by atoms with E-state index in [-0.39, 0.29) is 24.1 Å². The number of ether oxygens (including phenoxy) is 1. The fourth-order valence-corrected chi connectivity index (χ4v) is 4.48.